The lowest BCUT2D eigenvalue weighted by molar-refractivity contribution is 0.384. The molecule has 3 rings (SSSR count). The predicted molar refractivity (Wildman–Crippen MR) is 82.6 cm³/mol. The maximum absolute atomic E-state index is 4.96. The Labute approximate surface area is 129 Å². The summed E-state index contributed by atoms with van der Waals surface area (Å²) in [6, 6.07) is 8.64. The summed E-state index contributed by atoms with van der Waals surface area (Å²) in [5.41, 5.74) is 2.32. The fraction of sp³-hybridized carbons (Fsp3) is 0.312. The van der Waals surface area contributed by atoms with E-state index >= 15 is 0 Å². The van der Waals surface area contributed by atoms with Gasteiger partial charge in [0, 0.05) is 31.0 Å². The first-order valence-corrected chi connectivity index (χ1v) is 7.26. The molecule has 22 heavy (non-hydrogen) atoms. The number of aromatic nitrogens is 4. The number of rotatable bonds is 5. The normalized spacial score (nSPS) is 12.5. The molecule has 0 amide bonds. The van der Waals surface area contributed by atoms with Crippen molar-refractivity contribution < 1.29 is 4.52 Å². The van der Waals surface area contributed by atoms with Gasteiger partial charge in [0.25, 0.3) is 0 Å². The highest BCUT2D eigenvalue weighted by atomic mass is 16.5. The summed E-state index contributed by atoms with van der Waals surface area (Å²) in [7, 11) is 0. The first-order chi connectivity index (χ1) is 10.6. The van der Waals surface area contributed by atoms with Gasteiger partial charge in [0.2, 0.25) is 5.89 Å². The molecule has 0 aliphatic rings. The summed E-state index contributed by atoms with van der Waals surface area (Å²) in [4.78, 5) is 8.43. The fourth-order valence-corrected chi connectivity index (χ4v) is 2.35. The third-order valence-electron chi connectivity index (χ3n) is 3.63. The average molecular weight is 297 g/mol. The maximum atomic E-state index is 4.96. The smallest absolute Gasteiger partial charge is 0.223 e. The molecule has 2 aromatic heterocycles. The van der Waals surface area contributed by atoms with Gasteiger partial charge in [-0.05, 0) is 31.5 Å². The lowest BCUT2D eigenvalue weighted by Crippen LogP contribution is -2.18. The minimum absolute atomic E-state index is 0.205. The molecule has 6 heteroatoms. The minimum Gasteiger partial charge on any atom is -0.340 e. The highest BCUT2D eigenvalue weighted by molar-refractivity contribution is 5.36. The van der Waals surface area contributed by atoms with Crippen molar-refractivity contribution in [1.29, 1.82) is 0 Å². The Morgan fingerprint density at radius 2 is 2.00 bits per heavy atom. The van der Waals surface area contributed by atoms with Crippen LogP contribution in [-0.2, 0) is 6.54 Å². The molecule has 114 valence electrons. The fourth-order valence-electron chi connectivity index (χ4n) is 2.35. The van der Waals surface area contributed by atoms with Gasteiger partial charge in [0.15, 0.2) is 5.82 Å². The molecule has 0 radical (unpaired) electrons. The van der Waals surface area contributed by atoms with Crippen LogP contribution in [0, 0.1) is 13.8 Å². The molecule has 0 aliphatic heterocycles. The van der Waals surface area contributed by atoms with Gasteiger partial charge in [-0.15, -0.1) is 0 Å². The first-order valence-electron chi connectivity index (χ1n) is 7.26. The van der Waals surface area contributed by atoms with Crippen LogP contribution in [-0.4, -0.2) is 19.7 Å². The maximum Gasteiger partial charge on any atom is 0.223 e. The Morgan fingerprint density at radius 3 is 2.59 bits per heavy atom. The van der Waals surface area contributed by atoms with Crippen LogP contribution < -0.4 is 5.32 Å². The first kappa shape index (κ1) is 14.5. The van der Waals surface area contributed by atoms with Gasteiger partial charge >= 0.3 is 0 Å². The Hall–Kier alpha value is -2.47. The number of nitrogens with zero attached hydrogens (tertiary/aromatic N) is 4. The molecule has 1 aromatic carbocycles. The van der Waals surface area contributed by atoms with Crippen LogP contribution in [0.4, 0.5) is 0 Å². The Balaban J connectivity index is 1.66. The van der Waals surface area contributed by atoms with Crippen molar-refractivity contribution in [1.82, 2.24) is 25.0 Å². The van der Waals surface area contributed by atoms with Crippen LogP contribution in [0.2, 0.25) is 0 Å². The summed E-state index contributed by atoms with van der Waals surface area (Å²) in [5.74, 6) is 2.24. The van der Waals surface area contributed by atoms with Crippen molar-refractivity contribution in [2.24, 2.45) is 0 Å². The van der Waals surface area contributed by atoms with E-state index in [0.29, 0.717) is 18.3 Å². The van der Waals surface area contributed by atoms with E-state index in [1.807, 2.05) is 13.1 Å². The van der Waals surface area contributed by atoms with Gasteiger partial charge in [-0.1, -0.05) is 17.3 Å². The predicted octanol–water partition coefficient (Wildman–Crippen LogP) is 2.72. The number of hydrogen-bond donors (Lipinski definition) is 1. The zero-order valence-corrected chi connectivity index (χ0v) is 12.9. The van der Waals surface area contributed by atoms with E-state index in [1.54, 1.807) is 13.1 Å². The van der Waals surface area contributed by atoms with E-state index in [-0.39, 0.29) is 6.04 Å². The third-order valence-corrected chi connectivity index (χ3v) is 3.63. The Kier molecular flexibility index (Phi) is 4.02. The quantitative estimate of drug-likeness (QED) is 0.784. The summed E-state index contributed by atoms with van der Waals surface area (Å²) in [5, 5.41) is 7.27. The van der Waals surface area contributed by atoms with Gasteiger partial charge in [-0.3, -0.25) is 0 Å². The summed E-state index contributed by atoms with van der Waals surface area (Å²) < 4.78 is 7.02. The molecule has 3 aromatic rings. The molecular weight excluding hydrogens is 278 g/mol. The highest BCUT2D eigenvalue weighted by Crippen LogP contribution is 2.17. The summed E-state index contributed by atoms with van der Waals surface area (Å²) in [6.07, 6.45) is 3.77. The molecule has 1 unspecified atom stereocenters. The van der Waals surface area contributed by atoms with E-state index in [4.69, 9.17) is 4.52 Å². The van der Waals surface area contributed by atoms with Crippen molar-refractivity contribution in [3.8, 4) is 5.69 Å². The largest absolute Gasteiger partial charge is 0.340 e. The highest BCUT2D eigenvalue weighted by Gasteiger charge is 2.08. The molecule has 0 saturated carbocycles. The van der Waals surface area contributed by atoms with E-state index < -0.39 is 0 Å². The number of nitrogens with one attached hydrogen (secondary N) is 1. The van der Waals surface area contributed by atoms with Crippen molar-refractivity contribution in [3.63, 3.8) is 0 Å². The zero-order valence-electron chi connectivity index (χ0n) is 12.9. The van der Waals surface area contributed by atoms with E-state index in [9.17, 15) is 0 Å². The number of aryl methyl sites for hydroxylation is 2. The summed E-state index contributed by atoms with van der Waals surface area (Å²) >= 11 is 0. The molecule has 0 bridgehead atoms. The molecule has 0 fully saturated rings. The molecule has 6 nitrogen and oxygen atoms in total. The molecular formula is C16H19N5O. The third kappa shape index (κ3) is 3.07. The second-order valence-corrected chi connectivity index (χ2v) is 5.27. The molecule has 0 aliphatic carbocycles. The van der Waals surface area contributed by atoms with Gasteiger partial charge in [0.1, 0.15) is 5.82 Å². The summed E-state index contributed by atoms with van der Waals surface area (Å²) in [6.45, 7) is 6.48. The van der Waals surface area contributed by atoms with E-state index in [0.717, 1.165) is 11.5 Å². The van der Waals surface area contributed by atoms with Crippen molar-refractivity contribution >= 4 is 0 Å². The van der Waals surface area contributed by atoms with Crippen LogP contribution in [0.25, 0.3) is 5.69 Å². The Morgan fingerprint density at radius 1 is 1.23 bits per heavy atom. The van der Waals surface area contributed by atoms with E-state index in [1.165, 1.54) is 5.56 Å². The van der Waals surface area contributed by atoms with Crippen molar-refractivity contribution in [3.05, 3.63) is 59.8 Å². The molecule has 0 saturated heterocycles. The number of imidazole rings is 1. The van der Waals surface area contributed by atoms with Gasteiger partial charge in [-0.25, -0.2) is 4.98 Å². The lowest BCUT2D eigenvalue weighted by atomic mass is 10.1. The average Bonchev–Trinajstić information content (AvgIpc) is 3.13. The van der Waals surface area contributed by atoms with Crippen molar-refractivity contribution in [2.45, 2.75) is 33.4 Å². The zero-order chi connectivity index (χ0) is 15.5. The molecule has 0 spiro atoms. The topological polar surface area (TPSA) is 68.8 Å². The molecule has 1 atom stereocenters. The van der Waals surface area contributed by atoms with Gasteiger partial charge < -0.3 is 14.4 Å². The minimum atomic E-state index is 0.205. The second kappa shape index (κ2) is 6.11. The van der Waals surface area contributed by atoms with Gasteiger partial charge in [0.05, 0.1) is 6.54 Å². The molecule has 2 heterocycles. The van der Waals surface area contributed by atoms with Crippen LogP contribution in [0.3, 0.4) is 0 Å². The van der Waals surface area contributed by atoms with Crippen molar-refractivity contribution in [2.75, 3.05) is 0 Å². The van der Waals surface area contributed by atoms with Crippen LogP contribution in [0.1, 0.15) is 36.1 Å². The number of benzene rings is 1. The second-order valence-electron chi connectivity index (χ2n) is 5.27. The SMILES string of the molecule is Cc1nc(CNC(C)c2ccc(-n3ccnc3C)cc2)no1. The van der Waals surface area contributed by atoms with Gasteiger partial charge in [-0.2, -0.15) is 4.98 Å². The standard InChI is InChI=1S/C16H19N5O/c1-11(18-10-16-19-13(3)22-20-16)14-4-6-15(7-5-14)21-9-8-17-12(21)2/h4-9,11,18H,10H2,1-3H3. The molecule has 1 N–H and O–H groups in total. The lowest BCUT2D eigenvalue weighted by Gasteiger charge is -2.14. The van der Waals surface area contributed by atoms with Crippen LogP contribution in [0.15, 0.2) is 41.2 Å². The van der Waals surface area contributed by atoms with E-state index in [2.05, 4.69) is 56.2 Å². The van der Waals surface area contributed by atoms with Crippen LogP contribution in [0.5, 0.6) is 0 Å². The monoisotopic (exact) mass is 297 g/mol. The Bertz CT molecular complexity index is 744. The van der Waals surface area contributed by atoms with Crippen LogP contribution >= 0.6 is 0 Å². The number of hydrogen-bond acceptors (Lipinski definition) is 5.